The Labute approximate surface area is 122 Å². The number of amides is 2. The van der Waals surface area contributed by atoms with Crippen molar-refractivity contribution in [3.8, 4) is 12.3 Å². The minimum Gasteiger partial charge on any atom is -0.342 e. The fourth-order valence-corrected chi connectivity index (χ4v) is 2.79. The average Bonchev–Trinajstić information content (AvgIpc) is 2.39. The molecule has 2 amide bonds. The Bertz CT molecular complexity index is 398. The van der Waals surface area contributed by atoms with Crippen LogP contribution in [0.4, 0.5) is 0 Å². The van der Waals surface area contributed by atoms with Crippen molar-refractivity contribution < 1.29 is 9.59 Å². The molecule has 0 bridgehead atoms. The van der Waals surface area contributed by atoms with Gasteiger partial charge in [-0.3, -0.25) is 9.59 Å². The van der Waals surface area contributed by atoms with Gasteiger partial charge in [-0.2, -0.15) is 0 Å². The summed E-state index contributed by atoms with van der Waals surface area (Å²) in [5.41, 5.74) is 0. The van der Waals surface area contributed by atoms with Gasteiger partial charge in [0.2, 0.25) is 11.8 Å². The summed E-state index contributed by atoms with van der Waals surface area (Å²) in [6.07, 6.45) is 8.74. The molecule has 3 unspecified atom stereocenters. The SMILES string of the molecule is C#CC(CCC)N1C(=O)C(CCC)NC(=O)C1C(C)C. The molecule has 0 aromatic heterocycles. The molecule has 0 spiro atoms. The molecule has 4 nitrogen and oxygen atoms in total. The van der Waals surface area contributed by atoms with Crippen LogP contribution < -0.4 is 5.32 Å². The number of piperazine rings is 1. The van der Waals surface area contributed by atoms with Gasteiger partial charge in [-0.1, -0.05) is 46.5 Å². The van der Waals surface area contributed by atoms with Crippen molar-refractivity contribution in [2.24, 2.45) is 5.92 Å². The third-order valence-electron chi connectivity index (χ3n) is 3.74. The van der Waals surface area contributed by atoms with Crippen molar-refractivity contribution in [1.29, 1.82) is 0 Å². The van der Waals surface area contributed by atoms with Crippen molar-refractivity contribution in [2.45, 2.75) is 71.5 Å². The molecule has 0 aliphatic carbocycles. The number of terminal acetylenes is 1. The first-order valence-corrected chi connectivity index (χ1v) is 7.56. The summed E-state index contributed by atoms with van der Waals surface area (Å²) in [6, 6.07) is -1.16. The normalized spacial score (nSPS) is 24.5. The summed E-state index contributed by atoms with van der Waals surface area (Å²) < 4.78 is 0. The molecular formula is C16H26N2O2. The molecule has 0 radical (unpaired) electrons. The predicted octanol–water partition coefficient (Wildman–Crippen LogP) is 1.94. The molecule has 0 aromatic carbocycles. The zero-order chi connectivity index (χ0) is 15.3. The minimum atomic E-state index is -0.455. The van der Waals surface area contributed by atoms with Gasteiger partial charge < -0.3 is 10.2 Å². The van der Waals surface area contributed by atoms with Gasteiger partial charge in [0.25, 0.3) is 0 Å². The second-order valence-corrected chi connectivity index (χ2v) is 5.76. The Hall–Kier alpha value is -1.50. The van der Waals surface area contributed by atoms with Crippen molar-refractivity contribution in [2.75, 3.05) is 0 Å². The first kappa shape index (κ1) is 16.6. The Morgan fingerprint density at radius 1 is 1.30 bits per heavy atom. The topological polar surface area (TPSA) is 49.4 Å². The third-order valence-corrected chi connectivity index (χ3v) is 3.74. The fourth-order valence-electron chi connectivity index (χ4n) is 2.79. The van der Waals surface area contributed by atoms with E-state index in [0.717, 1.165) is 19.3 Å². The van der Waals surface area contributed by atoms with Crippen molar-refractivity contribution in [3.05, 3.63) is 0 Å². The number of carbonyl (C=O) groups is 2. The lowest BCUT2D eigenvalue weighted by Crippen LogP contribution is -2.66. The largest absolute Gasteiger partial charge is 0.342 e. The molecule has 1 rings (SSSR count). The molecule has 1 saturated heterocycles. The maximum atomic E-state index is 12.7. The maximum Gasteiger partial charge on any atom is 0.246 e. The van der Waals surface area contributed by atoms with Gasteiger partial charge in [-0.25, -0.2) is 0 Å². The average molecular weight is 278 g/mol. The van der Waals surface area contributed by atoms with E-state index < -0.39 is 12.1 Å². The van der Waals surface area contributed by atoms with E-state index in [1.54, 1.807) is 4.90 Å². The molecule has 3 atom stereocenters. The molecule has 0 aromatic rings. The third kappa shape index (κ3) is 3.33. The molecule has 1 aliphatic heterocycles. The quantitative estimate of drug-likeness (QED) is 0.755. The van der Waals surface area contributed by atoms with E-state index in [1.807, 2.05) is 27.7 Å². The molecule has 112 valence electrons. The van der Waals surface area contributed by atoms with Gasteiger partial charge in [0, 0.05) is 0 Å². The van der Waals surface area contributed by atoms with Crippen LogP contribution >= 0.6 is 0 Å². The smallest absolute Gasteiger partial charge is 0.246 e. The van der Waals surface area contributed by atoms with Crippen LogP contribution in [0.15, 0.2) is 0 Å². The molecule has 20 heavy (non-hydrogen) atoms. The van der Waals surface area contributed by atoms with Gasteiger partial charge in [0.05, 0.1) is 6.04 Å². The van der Waals surface area contributed by atoms with Crippen LogP contribution in [-0.4, -0.2) is 34.8 Å². The van der Waals surface area contributed by atoms with E-state index in [4.69, 9.17) is 6.42 Å². The van der Waals surface area contributed by atoms with Crippen LogP contribution in [0.2, 0.25) is 0 Å². The molecule has 1 heterocycles. The molecule has 4 heteroatoms. The van der Waals surface area contributed by atoms with Gasteiger partial charge in [0.15, 0.2) is 0 Å². The van der Waals surface area contributed by atoms with Gasteiger partial charge in [-0.15, -0.1) is 6.42 Å². The highest BCUT2D eigenvalue weighted by atomic mass is 16.2. The van der Waals surface area contributed by atoms with Crippen LogP contribution in [0.1, 0.15) is 53.4 Å². The van der Waals surface area contributed by atoms with Crippen molar-refractivity contribution >= 4 is 11.8 Å². The molecular weight excluding hydrogens is 252 g/mol. The predicted molar refractivity (Wildman–Crippen MR) is 79.8 cm³/mol. The minimum absolute atomic E-state index is 0.0263. The van der Waals surface area contributed by atoms with E-state index in [1.165, 1.54) is 0 Å². The number of nitrogens with zero attached hydrogens (tertiary/aromatic N) is 1. The Morgan fingerprint density at radius 3 is 2.40 bits per heavy atom. The molecule has 1 aliphatic rings. The summed E-state index contributed by atoms with van der Waals surface area (Å²) >= 11 is 0. The number of rotatable bonds is 6. The summed E-state index contributed by atoms with van der Waals surface area (Å²) in [5.74, 6) is 2.65. The Morgan fingerprint density at radius 2 is 1.95 bits per heavy atom. The fraction of sp³-hybridized carbons (Fsp3) is 0.750. The monoisotopic (exact) mass is 278 g/mol. The van der Waals surface area contributed by atoms with Gasteiger partial charge >= 0.3 is 0 Å². The van der Waals surface area contributed by atoms with Crippen LogP contribution in [0.5, 0.6) is 0 Å². The highest BCUT2D eigenvalue weighted by molar-refractivity contribution is 5.97. The summed E-state index contributed by atoms with van der Waals surface area (Å²) in [4.78, 5) is 26.7. The standard InChI is InChI=1S/C16H26N2O2/c1-6-9-12(8-3)18-14(11(4)5)15(19)17-13(10-7-2)16(18)20/h3,11-14H,6-7,9-10H2,1-2,4-5H3,(H,17,19). The number of hydrogen-bond acceptors (Lipinski definition) is 2. The number of nitrogens with one attached hydrogen (secondary N) is 1. The van der Waals surface area contributed by atoms with Crippen molar-refractivity contribution in [1.82, 2.24) is 10.2 Å². The van der Waals surface area contributed by atoms with E-state index in [-0.39, 0.29) is 23.8 Å². The van der Waals surface area contributed by atoms with Crippen LogP contribution in [0.3, 0.4) is 0 Å². The maximum absolute atomic E-state index is 12.7. The van der Waals surface area contributed by atoms with Crippen LogP contribution in [-0.2, 0) is 9.59 Å². The first-order chi connectivity index (χ1) is 9.47. The van der Waals surface area contributed by atoms with E-state index >= 15 is 0 Å². The first-order valence-electron chi connectivity index (χ1n) is 7.56. The molecule has 1 N–H and O–H groups in total. The summed E-state index contributed by atoms with van der Waals surface area (Å²) in [7, 11) is 0. The van der Waals surface area contributed by atoms with Crippen LogP contribution in [0.25, 0.3) is 0 Å². The molecule has 0 saturated carbocycles. The zero-order valence-electron chi connectivity index (χ0n) is 13.0. The second-order valence-electron chi connectivity index (χ2n) is 5.76. The Balaban J connectivity index is 3.10. The lowest BCUT2D eigenvalue weighted by atomic mass is 9.93. The number of carbonyl (C=O) groups excluding carboxylic acids is 2. The van der Waals surface area contributed by atoms with Crippen molar-refractivity contribution in [3.63, 3.8) is 0 Å². The lowest BCUT2D eigenvalue weighted by molar-refractivity contribution is -0.153. The highest BCUT2D eigenvalue weighted by Gasteiger charge is 2.43. The Kier molecular flexibility index (Phi) is 6.06. The van der Waals surface area contributed by atoms with Gasteiger partial charge in [-0.05, 0) is 18.8 Å². The van der Waals surface area contributed by atoms with E-state index in [0.29, 0.717) is 6.42 Å². The van der Waals surface area contributed by atoms with E-state index in [2.05, 4.69) is 11.2 Å². The number of hydrogen-bond donors (Lipinski definition) is 1. The summed E-state index contributed by atoms with van der Waals surface area (Å²) in [5, 5.41) is 2.85. The van der Waals surface area contributed by atoms with Crippen LogP contribution in [0, 0.1) is 18.3 Å². The van der Waals surface area contributed by atoms with Gasteiger partial charge in [0.1, 0.15) is 12.1 Å². The second kappa shape index (κ2) is 7.33. The summed E-state index contributed by atoms with van der Waals surface area (Å²) in [6.45, 7) is 7.93. The van der Waals surface area contributed by atoms with E-state index in [9.17, 15) is 9.59 Å². The lowest BCUT2D eigenvalue weighted by Gasteiger charge is -2.43. The highest BCUT2D eigenvalue weighted by Crippen LogP contribution is 2.23. The molecule has 1 fully saturated rings. The zero-order valence-corrected chi connectivity index (χ0v) is 13.0.